The number of nitrogens with two attached hydrogens (primary N) is 1. The molecule has 0 aromatic carbocycles. The molecule has 0 spiro atoms. The van der Waals surface area contributed by atoms with Crippen LogP contribution in [-0.4, -0.2) is 25.5 Å². The molecule has 1 fully saturated rings. The van der Waals surface area contributed by atoms with Crippen molar-refractivity contribution >= 4 is 0 Å². The van der Waals surface area contributed by atoms with Crippen LogP contribution >= 0.6 is 0 Å². The summed E-state index contributed by atoms with van der Waals surface area (Å²) in [6.45, 7) is 3.69. The van der Waals surface area contributed by atoms with Crippen molar-refractivity contribution in [2.24, 2.45) is 5.73 Å². The van der Waals surface area contributed by atoms with E-state index in [-0.39, 0.29) is 5.54 Å². The fraction of sp³-hybridized carbons (Fsp3) is 1.00. The van der Waals surface area contributed by atoms with E-state index in [1.165, 1.54) is 12.8 Å². The van der Waals surface area contributed by atoms with E-state index in [1.54, 1.807) is 0 Å². The first-order valence-corrected chi connectivity index (χ1v) is 4.71. The van der Waals surface area contributed by atoms with Crippen molar-refractivity contribution in [3.05, 3.63) is 0 Å². The molecule has 0 amide bonds. The lowest BCUT2D eigenvalue weighted by Crippen LogP contribution is -2.41. The number of rotatable bonds is 5. The summed E-state index contributed by atoms with van der Waals surface area (Å²) in [6, 6.07) is 0. The molecule has 0 aliphatic heterocycles. The van der Waals surface area contributed by atoms with Gasteiger partial charge in [-0.2, -0.15) is 0 Å². The van der Waals surface area contributed by atoms with Gasteiger partial charge in [0.25, 0.3) is 0 Å². The molecule has 0 radical (unpaired) electrons. The van der Waals surface area contributed by atoms with E-state index in [9.17, 15) is 0 Å². The van der Waals surface area contributed by atoms with Gasteiger partial charge in [-0.15, -0.1) is 0 Å². The second-order valence-corrected chi connectivity index (χ2v) is 3.53. The van der Waals surface area contributed by atoms with Crippen LogP contribution in [-0.2, 0) is 9.47 Å². The molecule has 0 aromatic heterocycles. The van der Waals surface area contributed by atoms with Gasteiger partial charge >= 0.3 is 0 Å². The van der Waals surface area contributed by atoms with Gasteiger partial charge in [0.15, 0.2) is 0 Å². The van der Waals surface area contributed by atoms with Gasteiger partial charge in [-0.1, -0.05) is 12.8 Å². The third-order valence-corrected chi connectivity index (χ3v) is 2.36. The lowest BCUT2D eigenvalue weighted by atomic mass is 10.0. The molecule has 0 aromatic rings. The van der Waals surface area contributed by atoms with Gasteiger partial charge in [0.2, 0.25) is 0 Å². The summed E-state index contributed by atoms with van der Waals surface area (Å²) in [5.41, 5.74) is 6.00. The lowest BCUT2D eigenvalue weighted by Gasteiger charge is -2.22. The van der Waals surface area contributed by atoms with Crippen molar-refractivity contribution < 1.29 is 9.47 Å². The van der Waals surface area contributed by atoms with Gasteiger partial charge < -0.3 is 15.2 Å². The van der Waals surface area contributed by atoms with Crippen LogP contribution in [0, 0.1) is 0 Å². The van der Waals surface area contributed by atoms with E-state index in [4.69, 9.17) is 15.2 Å². The minimum atomic E-state index is -0.0584. The largest absolute Gasteiger partial charge is 0.356 e. The summed E-state index contributed by atoms with van der Waals surface area (Å²) in [6.07, 6.45) is 4.68. The molecule has 0 bridgehead atoms. The Hall–Kier alpha value is -0.120. The Kier molecular flexibility index (Phi) is 3.98. The van der Waals surface area contributed by atoms with Crippen LogP contribution in [0.15, 0.2) is 0 Å². The third kappa shape index (κ3) is 3.09. The fourth-order valence-corrected chi connectivity index (χ4v) is 1.61. The summed E-state index contributed by atoms with van der Waals surface area (Å²) in [4.78, 5) is 0. The molecule has 12 heavy (non-hydrogen) atoms. The zero-order valence-electron chi connectivity index (χ0n) is 7.84. The third-order valence-electron chi connectivity index (χ3n) is 2.36. The smallest absolute Gasteiger partial charge is 0.146 e. The van der Waals surface area contributed by atoms with E-state index in [1.807, 2.05) is 6.92 Å². The van der Waals surface area contributed by atoms with Gasteiger partial charge in [0.05, 0.1) is 6.61 Å². The Morgan fingerprint density at radius 2 is 1.92 bits per heavy atom. The summed E-state index contributed by atoms with van der Waals surface area (Å²) < 4.78 is 10.4. The Bertz CT molecular complexity index is 122. The first kappa shape index (κ1) is 9.96. The maximum Gasteiger partial charge on any atom is 0.146 e. The van der Waals surface area contributed by atoms with Crippen molar-refractivity contribution in [1.29, 1.82) is 0 Å². The van der Waals surface area contributed by atoms with Crippen molar-refractivity contribution in [3.63, 3.8) is 0 Å². The molecular formula is C9H19NO2. The average Bonchev–Trinajstić information content (AvgIpc) is 2.47. The molecule has 0 heterocycles. The highest BCUT2D eigenvalue weighted by Gasteiger charge is 2.29. The Labute approximate surface area is 74.2 Å². The van der Waals surface area contributed by atoms with Crippen molar-refractivity contribution in [1.82, 2.24) is 0 Å². The predicted molar refractivity (Wildman–Crippen MR) is 47.8 cm³/mol. The van der Waals surface area contributed by atoms with Crippen LogP contribution in [0.4, 0.5) is 0 Å². The summed E-state index contributed by atoms with van der Waals surface area (Å²) >= 11 is 0. The predicted octanol–water partition coefficient (Wildman–Crippen LogP) is 1.27. The number of hydrogen-bond donors (Lipinski definition) is 1. The van der Waals surface area contributed by atoms with E-state index in [0.29, 0.717) is 20.0 Å². The molecule has 1 aliphatic carbocycles. The minimum Gasteiger partial charge on any atom is -0.356 e. The molecular weight excluding hydrogens is 154 g/mol. The molecule has 1 rings (SSSR count). The molecule has 3 nitrogen and oxygen atoms in total. The Balaban J connectivity index is 2.05. The van der Waals surface area contributed by atoms with Gasteiger partial charge in [-0.05, 0) is 19.8 Å². The van der Waals surface area contributed by atoms with E-state index in [0.717, 1.165) is 12.8 Å². The summed E-state index contributed by atoms with van der Waals surface area (Å²) in [5, 5.41) is 0. The van der Waals surface area contributed by atoms with Crippen LogP contribution in [0.3, 0.4) is 0 Å². The maximum absolute atomic E-state index is 6.06. The van der Waals surface area contributed by atoms with Gasteiger partial charge in [0.1, 0.15) is 6.79 Å². The summed E-state index contributed by atoms with van der Waals surface area (Å²) in [5.74, 6) is 0. The highest BCUT2D eigenvalue weighted by atomic mass is 16.7. The van der Waals surface area contributed by atoms with Gasteiger partial charge in [-0.25, -0.2) is 0 Å². The Morgan fingerprint density at radius 1 is 1.25 bits per heavy atom. The van der Waals surface area contributed by atoms with E-state index in [2.05, 4.69) is 0 Å². The first-order valence-electron chi connectivity index (χ1n) is 4.71. The normalized spacial score (nSPS) is 21.5. The Morgan fingerprint density at radius 3 is 2.50 bits per heavy atom. The number of hydrogen-bond acceptors (Lipinski definition) is 3. The molecule has 1 aliphatic rings. The van der Waals surface area contributed by atoms with Crippen LogP contribution < -0.4 is 5.73 Å². The maximum atomic E-state index is 6.06. The second-order valence-electron chi connectivity index (χ2n) is 3.53. The van der Waals surface area contributed by atoms with Crippen LogP contribution in [0.5, 0.6) is 0 Å². The highest BCUT2D eigenvalue weighted by Crippen LogP contribution is 2.27. The molecule has 0 unspecified atom stereocenters. The van der Waals surface area contributed by atoms with E-state index >= 15 is 0 Å². The molecule has 3 heteroatoms. The zero-order chi connectivity index (χ0) is 8.86. The highest BCUT2D eigenvalue weighted by molar-refractivity contribution is 4.88. The fourth-order valence-electron chi connectivity index (χ4n) is 1.61. The number of ether oxygens (including phenoxy) is 2. The van der Waals surface area contributed by atoms with E-state index < -0.39 is 0 Å². The SMILES string of the molecule is CCOCOCC1(N)CCCC1. The van der Waals surface area contributed by atoms with Crippen LogP contribution in [0.1, 0.15) is 32.6 Å². The monoisotopic (exact) mass is 173 g/mol. The van der Waals surface area contributed by atoms with Crippen molar-refractivity contribution in [3.8, 4) is 0 Å². The molecule has 0 saturated heterocycles. The first-order chi connectivity index (χ1) is 5.77. The zero-order valence-corrected chi connectivity index (χ0v) is 7.84. The van der Waals surface area contributed by atoms with Crippen LogP contribution in [0.25, 0.3) is 0 Å². The average molecular weight is 173 g/mol. The molecule has 0 atom stereocenters. The molecule has 72 valence electrons. The minimum absolute atomic E-state index is 0.0584. The van der Waals surface area contributed by atoms with Crippen molar-refractivity contribution in [2.75, 3.05) is 20.0 Å². The van der Waals surface area contributed by atoms with Crippen molar-refractivity contribution in [2.45, 2.75) is 38.1 Å². The standard InChI is InChI=1S/C9H19NO2/c1-2-11-8-12-7-9(10)5-3-4-6-9/h2-8,10H2,1H3. The lowest BCUT2D eigenvalue weighted by molar-refractivity contribution is -0.0638. The topological polar surface area (TPSA) is 44.5 Å². The molecule has 2 N–H and O–H groups in total. The quantitative estimate of drug-likeness (QED) is 0.503. The van der Waals surface area contributed by atoms with Gasteiger partial charge in [-0.3, -0.25) is 0 Å². The summed E-state index contributed by atoms with van der Waals surface area (Å²) in [7, 11) is 0. The van der Waals surface area contributed by atoms with Crippen LogP contribution in [0.2, 0.25) is 0 Å². The van der Waals surface area contributed by atoms with Gasteiger partial charge in [0, 0.05) is 12.1 Å². The second kappa shape index (κ2) is 4.80. The molecule has 1 saturated carbocycles.